The fraction of sp³-hybridized carbons (Fsp3) is 0.467. The number of hydrogen-bond acceptors (Lipinski definition) is 8. The first-order valence-corrected chi connectivity index (χ1v) is 7.71. The van der Waals surface area contributed by atoms with E-state index in [1.165, 1.54) is 0 Å². The normalized spacial score (nSPS) is 15.7. The molecule has 1 aliphatic heterocycles. The van der Waals surface area contributed by atoms with Gasteiger partial charge < -0.3 is 28.6 Å². The van der Waals surface area contributed by atoms with Crippen LogP contribution in [0.5, 0.6) is 17.2 Å². The summed E-state index contributed by atoms with van der Waals surface area (Å²) in [5.74, 6) is -0.690. The summed E-state index contributed by atoms with van der Waals surface area (Å²) < 4.78 is 25.9. The van der Waals surface area contributed by atoms with E-state index in [0.717, 1.165) is 12.8 Å². The third-order valence-electron chi connectivity index (χ3n) is 3.52. The summed E-state index contributed by atoms with van der Waals surface area (Å²) in [5.41, 5.74) is -0.0180. The molecule has 128 valence electrons. The fourth-order valence-corrected chi connectivity index (χ4v) is 2.23. The zero-order chi connectivity index (χ0) is 17.1. The first-order chi connectivity index (χ1) is 11.6. The van der Waals surface area contributed by atoms with Crippen molar-refractivity contribution in [3.63, 3.8) is 0 Å². The largest absolute Gasteiger partial charge is 0.563 e. The molecule has 1 saturated carbocycles. The van der Waals surface area contributed by atoms with Crippen LogP contribution in [-0.2, 0) is 14.3 Å². The number of ether oxygens (including phenoxy) is 4. The molecule has 0 atom stereocenters. The predicted octanol–water partition coefficient (Wildman–Crippen LogP) is 0.944. The number of carbonyl (C=O) groups is 2. The van der Waals surface area contributed by atoms with Gasteiger partial charge in [-0.25, -0.2) is 4.79 Å². The van der Waals surface area contributed by atoms with Gasteiger partial charge in [0.1, 0.15) is 17.8 Å². The second-order valence-corrected chi connectivity index (χ2v) is 5.37. The van der Waals surface area contributed by atoms with Gasteiger partial charge in [-0.2, -0.15) is 0 Å². The Hall–Kier alpha value is -2.42. The van der Waals surface area contributed by atoms with Crippen LogP contribution in [0.25, 0.3) is 0 Å². The standard InChI is InChI=1S/C15H17BO8/c1-2-20-10-5-6-11-13(24-16(19)7-21-11)12(10)15(18)23-8-22-14(17)9-3-4-9/h5-6,9,19H,2-4,7-8H2,1H3. The van der Waals surface area contributed by atoms with E-state index < -0.39 is 19.9 Å². The van der Waals surface area contributed by atoms with E-state index in [9.17, 15) is 14.6 Å². The van der Waals surface area contributed by atoms with Crippen LogP contribution in [0.15, 0.2) is 12.1 Å². The van der Waals surface area contributed by atoms with Crippen LogP contribution in [0.1, 0.15) is 30.1 Å². The molecule has 1 aliphatic carbocycles. The number of benzene rings is 1. The molecule has 1 aromatic carbocycles. The van der Waals surface area contributed by atoms with E-state index in [0.29, 0.717) is 12.4 Å². The predicted molar refractivity (Wildman–Crippen MR) is 80.8 cm³/mol. The van der Waals surface area contributed by atoms with Crippen LogP contribution in [0.3, 0.4) is 0 Å². The summed E-state index contributed by atoms with van der Waals surface area (Å²) in [6.45, 7) is 1.54. The molecular formula is C15H17BO8. The van der Waals surface area contributed by atoms with Crippen LogP contribution in [0, 0.1) is 5.92 Å². The lowest BCUT2D eigenvalue weighted by molar-refractivity contribution is -0.153. The minimum absolute atomic E-state index is 0.0180. The van der Waals surface area contributed by atoms with Gasteiger partial charge in [-0.05, 0) is 31.9 Å². The number of hydrogen-bond donors (Lipinski definition) is 1. The molecule has 2 aliphatic rings. The van der Waals surface area contributed by atoms with Crippen molar-refractivity contribution in [2.45, 2.75) is 19.8 Å². The molecule has 3 rings (SSSR count). The molecule has 0 spiro atoms. The molecule has 0 amide bonds. The molecule has 1 fully saturated rings. The van der Waals surface area contributed by atoms with Gasteiger partial charge in [-0.1, -0.05) is 0 Å². The second kappa shape index (κ2) is 7.00. The Morgan fingerprint density at radius 1 is 1.33 bits per heavy atom. The lowest BCUT2D eigenvalue weighted by Gasteiger charge is -2.23. The molecule has 1 aromatic rings. The number of rotatable bonds is 6. The van der Waals surface area contributed by atoms with Crippen LogP contribution >= 0.6 is 0 Å². The maximum absolute atomic E-state index is 12.4. The third kappa shape index (κ3) is 3.56. The molecule has 0 bridgehead atoms. The molecule has 24 heavy (non-hydrogen) atoms. The van der Waals surface area contributed by atoms with Gasteiger partial charge in [0, 0.05) is 0 Å². The molecule has 0 radical (unpaired) electrons. The van der Waals surface area contributed by atoms with Gasteiger partial charge in [-0.3, -0.25) is 4.79 Å². The SMILES string of the molecule is CCOc1ccc2c(c1C(=O)OCOC(=O)C1CC1)OB(O)CO2. The van der Waals surface area contributed by atoms with E-state index in [1.54, 1.807) is 19.1 Å². The monoisotopic (exact) mass is 336 g/mol. The summed E-state index contributed by atoms with van der Waals surface area (Å²) in [5, 5.41) is 9.59. The van der Waals surface area contributed by atoms with E-state index in [2.05, 4.69) is 0 Å². The van der Waals surface area contributed by atoms with Gasteiger partial charge in [-0.15, -0.1) is 0 Å². The summed E-state index contributed by atoms with van der Waals surface area (Å²) in [4.78, 5) is 23.8. The molecular weight excluding hydrogens is 319 g/mol. The topological polar surface area (TPSA) is 101 Å². The average molecular weight is 336 g/mol. The zero-order valence-electron chi connectivity index (χ0n) is 13.1. The van der Waals surface area contributed by atoms with Crippen molar-refractivity contribution in [1.82, 2.24) is 0 Å². The Morgan fingerprint density at radius 3 is 2.83 bits per heavy atom. The van der Waals surface area contributed by atoms with Crippen molar-refractivity contribution in [2.24, 2.45) is 5.92 Å². The van der Waals surface area contributed by atoms with Crippen molar-refractivity contribution in [3.05, 3.63) is 17.7 Å². The zero-order valence-corrected chi connectivity index (χ0v) is 13.1. The first-order valence-electron chi connectivity index (χ1n) is 7.71. The first kappa shape index (κ1) is 16.4. The van der Waals surface area contributed by atoms with Crippen molar-refractivity contribution in [2.75, 3.05) is 19.9 Å². The van der Waals surface area contributed by atoms with Crippen LogP contribution < -0.4 is 14.1 Å². The Balaban J connectivity index is 1.75. The highest BCUT2D eigenvalue weighted by atomic mass is 16.7. The minimum Gasteiger partial charge on any atom is -0.531 e. The Kier molecular flexibility index (Phi) is 4.80. The molecule has 1 heterocycles. The molecule has 8 nitrogen and oxygen atoms in total. The average Bonchev–Trinajstić information content (AvgIpc) is 3.39. The number of esters is 2. The quantitative estimate of drug-likeness (QED) is 0.465. The number of carbonyl (C=O) groups excluding carboxylic acids is 2. The highest BCUT2D eigenvalue weighted by Gasteiger charge is 2.33. The summed E-state index contributed by atoms with van der Waals surface area (Å²) in [7, 11) is -1.20. The van der Waals surface area contributed by atoms with Crippen LogP contribution in [0.4, 0.5) is 0 Å². The molecule has 9 heteroatoms. The van der Waals surface area contributed by atoms with Crippen molar-refractivity contribution < 1.29 is 38.2 Å². The maximum atomic E-state index is 12.4. The lowest BCUT2D eigenvalue weighted by Crippen LogP contribution is -2.35. The highest BCUT2D eigenvalue weighted by Crippen LogP contribution is 2.40. The van der Waals surface area contributed by atoms with Crippen molar-refractivity contribution in [3.8, 4) is 17.2 Å². The lowest BCUT2D eigenvalue weighted by atomic mass is 9.91. The Bertz CT molecular complexity index is 643. The van der Waals surface area contributed by atoms with Gasteiger partial charge in [0.05, 0.1) is 12.5 Å². The smallest absolute Gasteiger partial charge is 0.531 e. The van der Waals surface area contributed by atoms with Gasteiger partial charge in [0.2, 0.25) is 6.79 Å². The third-order valence-corrected chi connectivity index (χ3v) is 3.52. The van der Waals surface area contributed by atoms with Crippen molar-refractivity contribution in [1.29, 1.82) is 0 Å². The van der Waals surface area contributed by atoms with Gasteiger partial charge in [0.25, 0.3) is 0 Å². The summed E-state index contributed by atoms with van der Waals surface area (Å²) >= 11 is 0. The highest BCUT2D eigenvalue weighted by molar-refractivity contribution is 6.44. The second-order valence-electron chi connectivity index (χ2n) is 5.37. The summed E-state index contributed by atoms with van der Waals surface area (Å²) in [6, 6.07) is 3.13. The number of fused-ring (bicyclic) bond motifs is 1. The van der Waals surface area contributed by atoms with Crippen molar-refractivity contribution >= 4 is 19.1 Å². The molecule has 0 aromatic heterocycles. The van der Waals surface area contributed by atoms with Crippen LogP contribution in [0.2, 0.25) is 0 Å². The van der Waals surface area contributed by atoms with E-state index in [4.69, 9.17) is 23.6 Å². The molecule has 0 unspecified atom stereocenters. The fourth-order valence-electron chi connectivity index (χ4n) is 2.23. The summed E-state index contributed by atoms with van der Waals surface area (Å²) in [6.07, 6.45) is 1.60. The van der Waals surface area contributed by atoms with E-state index >= 15 is 0 Å². The Labute approximate surface area is 138 Å². The van der Waals surface area contributed by atoms with E-state index in [-0.39, 0.29) is 35.5 Å². The van der Waals surface area contributed by atoms with E-state index in [1.807, 2.05) is 0 Å². The molecule has 0 saturated heterocycles. The maximum Gasteiger partial charge on any atom is 0.563 e. The minimum atomic E-state index is -1.20. The van der Waals surface area contributed by atoms with Crippen LogP contribution in [-0.4, -0.2) is 44.0 Å². The van der Waals surface area contributed by atoms with Gasteiger partial charge in [0.15, 0.2) is 11.5 Å². The molecule has 1 N–H and O–H groups in total. The van der Waals surface area contributed by atoms with Gasteiger partial charge >= 0.3 is 19.1 Å². The Morgan fingerprint density at radius 2 is 2.12 bits per heavy atom.